The number of rotatable bonds is 4. The van der Waals surface area contributed by atoms with E-state index in [-0.39, 0.29) is 12.4 Å². The molecule has 1 saturated heterocycles. The van der Waals surface area contributed by atoms with Crippen LogP contribution in [0.4, 0.5) is 0 Å². The molecule has 1 aromatic heterocycles. The quantitative estimate of drug-likeness (QED) is 0.673. The molecular formula is C19H15N3O4. The summed E-state index contributed by atoms with van der Waals surface area (Å²) in [7, 11) is 0. The van der Waals surface area contributed by atoms with Gasteiger partial charge < -0.3 is 9.47 Å². The second-order valence-electron chi connectivity index (χ2n) is 5.72. The molecule has 1 aliphatic rings. The molecule has 0 spiro atoms. The van der Waals surface area contributed by atoms with Crippen molar-refractivity contribution in [3.8, 4) is 17.1 Å². The first-order chi connectivity index (χ1) is 12.7. The molecule has 0 unspecified atom stereocenters. The van der Waals surface area contributed by atoms with Crippen LogP contribution in [0.5, 0.6) is 0 Å². The lowest BCUT2D eigenvalue weighted by molar-refractivity contribution is -0.145. The summed E-state index contributed by atoms with van der Waals surface area (Å²) in [6.07, 6.45) is -0.554. The van der Waals surface area contributed by atoms with Crippen LogP contribution in [-0.4, -0.2) is 39.4 Å². The van der Waals surface area contributed by atoms with Crippen LogP contribution in [0.3, 0.4) is 0 Å². The maximum Gasteiger partial charge on any atom is 0.379 e. The van der Waals surface area contributed by atoms with Gasteiger partial charge in [0.15, 0.2) is 5.82 Å². The van der Waals surface area contributed by atoms with Crippen molar-refractivity contribution in [2.75, 3.05) is 6.61 Å². The van der Waals surface area contributed by atoms with Gasteiger partial charge in [-0.1, -0.05) is 48.5 Å². The maximum absolute atomic E-state index is 12.4. The van der Waals surface area contributed by atoms with E-state index in [2.05, 4.69) is 10.1 Å². The average molecular weight is 349 g/mol. The number of carbonyl (C=O) groups excluding carboxylic acids is 2. The van der Waals surface area contributed by atoms with Crippen molar-refractivity contribution in [1.29, 1.82) is 0 Å². The fraction of sp³-hybridized carbons (Fsp3) is 0.158. The fourth-order valence-electron chi connectivity index (χ4n) is 2.69. The van der Waals surface area contributed by atoms with Crippen molar-refractivity contribution in [3.63, 3.8) is 0 Å². The zero-order valence-electron chi connectivity index (χ0n) is 13.7. The summed E-state index contributed by atoms with van der Waals surface area (Å²) in [4.78, 5) is 28.3. The lowest BCUT2D eigenvalue weighted by atomic mass is 10.2. The molecule has 7 heteroatoms. The minimum Gasteiger partial charge on any atom is -0.463 e. The summed E-state index contributed by atoms with van der Waals surface area (Å²) in [5, 5.41) is 4.30. The Hall–Kier alpha value is -3.48. The van der Waals surface area contributed by atoms with Crippen LogP contribution < -0.4 is 0 Å². The summed E-state index contributed by atoms with van der Waals surface area (Å²) in [6, 6.07) is 18.8. The number of carbonyl (C=O) groups is 2. The molecule has 0 radical (unpaired) electrons. The minimum atomic E-state index is -0.897. The largest absolute Gasteiger partial charge is 0.463 e. The third-order valence-corrected chi connectivity index (χ3v) is 3.96. The predicted octanol–water partition coefficient (Wildman–Crippen LogP) is 2.41. The van der Waals surface area contributed by atoms with Gasteiger partial charge in [-0.25, -0.2) is 19.3 Å². The van der Waals surface area contributed by atoms with Crippen LogP contribution in [0.15, 0.2) is 60.7 Å². The third-order valence-electron chi connectivity index (χ3n) is 3.96. The first kappa shape index (κ1) is 16.0. The normalized spacial score (nSPS) is 16.3. The lowest BCUT2D eigenvalue weighted by Gasteiger charge is -2.05. The van der Waals surface area contributed by atoms with Crippen molar-refractivity contribution in [2.24, 2.45) is 0 Å². The van der Waals surface area contributed by atoms with Crippen molar-refractivity contribution in [2.45, 2.75) is 12.5 Å². The van der Waals surface area contributed by atoms with Crippen LogP contribution in [0.25, 0.3) is 17.1 Å². The van der Waals surface area contributed by atoms with E-state index in [1.807, 2.05) is 60.7 Å². The lowest BCUT2D eigenvalue weighted by Crippen LogP contribution is -2.23. The number of cyclic esters (lactones) is 1. The predicted molar refractivity (Wildman–Crippen MR) is 91.6 cm³/mol. The van der Waals surface area contributed by atoms with Gasteiger partial charge in [0.2, 0.25) is 6.10 Å². The van der Waals surface area contributed by atoms with E-state index >= 15 is 0 Å². The SMILES string of the molecule is O=C(O[C@H]1CCOC1=O)c1nc(-c2ccccc2)n(-c2ccccc2)n1. The van der Waals surface area contributed by atoms with Crippen molar-refractivity contribution >= 4 is 11.9 Å². The first-order valence-electron chi connectivity index (χ1n) is 8.18. The van der Waals surface area contributed by atoms with Gasteiger partial charge in [-0.3, -0.25) is 0 Å². The monoisotopic (exact) mass is 349 g/mol. The Morgan fingerprint density at radius 1 is 1.08 bits per heavy atom. The van der Waals surface area contributed by atoms with E-state index < -0.39 is 18.0 Å². The molecule has 1 atom stereocenters. The Kier molecular flexibility index (Phi) is 4.18. The number of para-hydroxylation sites is 1. The first-order valence-corrected chi connectivity index (χ1v) is 8.18. The molecular weight excluding hydrogens is 334 g/mol. The summed E-state index contributed by atoms with van der Waals surface area (Å²) in [6.45, 7) is 0.248. The van der Waals surface area contributed by atoms with Crippen molar-refractivity contribution < 1.29 is 19.1 Å². The smallest absolute Gasteiger partial charge is 0.379 e. The third kappa shape index (κ3) is 3.06. The number of hydrogen-bond donors (Lipinski definition) is 0. The van der Waals surface area contributed by atoms with Crippen LogP contribution in [-0.2, 0) is 14.3 Å². The molecule has 26 heavy (non-hydrogen) atoms. The van der Waals surface area contributed by atoms with Gasteiger partial charge in [0.05, 0.1) is 12.3 Å². The maximum atomic E-state index is 12.4. The van der Waals surface area contributed by atoms with Gasteiger partial charge in [-0.15, -0.1) is 5.10 Å². The van der Waals surface area contributed by atoms with Crippen LogP contribution >= 0.6 is 0 Å². The number of benzene rings is 2. The molecule has 1 aliphatic heterocycles. The van der Waals surface area contributed by atoms with Crippen molar-refractivity contribution in [3.05, 3.63) is 66.5 Å². The molecule has 130 valence electrons. The molecule has 3 aromatic rings. The Labute approximate surface area is 149 Å². The van der Waals surface area contributed by atoms with E-state index in [1.165, 1.54) is 0 Å². The van der Waals surface area contributed by atoms with Gasteiger partial charge in [0.1, 0.15) is 0 Å². The minimum absolute atomic E-state index is 0.104. The highest BCUT2D eigenvalue weighted by Crippen LogP contribution is 2.22. The molecule has 0 aliphatic carbocycles. The summed E-state index contributed by atoms with van der Waals surface area (Å²) < 4.78 is 11.6. The molecule has 1 fully saturated rings. The Bertz CT molecular complexity index is 881. The average Bonchev–Trinajstić information content (AvgIpc) is 3.30. The zero-order chi connectivity index (χ0) is 17.9. The Balaban J connectivity index is 1.71. The Morgan fingerprint density at radius 3 is 2.42 bits per heavy atom. The number of hydrogen-bond acceptors (Lipinski definition) is 6. The molecule has 0 amide bonds. The van der Waals surface area contributed by atoms with Crippen LogP contribution in [0.1, 0.15) is 17.0 Å². The van der Waals surface area contributed by atoms with Crippen LogP contribution in [0, 0.1) is 0 Å². The van der Waals surface area contributed by atoms with E-state index in [4.69, 9.17) is 9.47 Å². The number of ether oxygens (including phenoxy) is 2. The molecule has 0 N–H and O–H groups in total. The number of aromatic nitrogens is 3. The highest BCUT2D eigenvalue weighted by atomic mass is 16.6. The molecule has 0 bridgehead atoms. The van der Waals surface area contributed by atoms with Crippen molar-refractivity contribution in [1.82, 2.24) is 14.8 Å². The molecule has 7 nitrogen and oxygen atoms in total. The molecule has 4 rings (SSSR count). The van der Waals surface area contributed by atoms with Gasteiger partial charge in [-0.05, 0) is 12.1 Å². The van der Waals surface area contributed by atoms with Gasteiger partial charge in [0.25, 0.3) is 5.82 Å². The number of esters is 2. The van der Waals surface area contributed by atoms with E-state index in [1.54, 1.807) is 4.68 Å². The zero-order valence-corrected chi connectivity index (χ0v) is 13.7. The fourth-order valence-corrected chi connectivity index (χ4v) is 2.69. The molecule has 2 aromatic carbocycles. The summed E-state index contributed by atoms with van der Waals surface area (Å²) in [5.41, 5.74) is 1.57. The highest BCUT2D eigenvalue weighted by molar-refractivity contribution is 5.89. The summed E-state index contributed by atoms with van der Waals surface area (Å²) >= 11 is 0. The van der Waals surface area contributed by atoms with Gasteiger partial charge in [0, 0.05) is 12.0 Å². The van der Waals surface area contributed by atoms with E-state index in [9.17, 15) is 9.59 Å². The highest BCUT2D eigenvalue weighted by Gasteiger charge is 2.32. The van der Waals surface area contributed by atoms with E-state index in [0.29, 0.717) is 12.2 Å². The van der Waals surface area contributed by atoms with Gasteiger partial charge in [-0.2, -0.15) is 0 Å². The standard InChI is InChI=1S/C19H15N3O4/c23-18-15(11-12-25-18)26-19(24)16-20-17(13-7-3-1-4-8-13)22(21-16)14-9-5-2-6-10-14/h1-10,15H,11-12H2/t15-/m0/s1. The van der Waals surface area contributed by atoms with Gasteiger partial charge >= 0.3 is 11.9 Å². The number of nitrogens with zero attached hydrogens (tertiary/aromatic N) is 3. The van der Waals surface area contributed by atoms with Crippen LogP contribution in [0.2, 0.25) is 0 Å². The summed E-state index contributed by atoms with van der Waals surface area (Å²) in [5.74, 6) is -0.880. The van der Waals surface area contributed by atoms with E-state index in [0.717, 1.165) is 11.3 Å². The molecule has 2 heterocycles. The second-order valence-corrected chi connectivity index (χ2v) is 5.72. The Morgan fingerprint density at radius 2 is 1.77 bits per heavy atom. The second kappa shape index (κ2) is 6.79. The molecule has 0 saturated carbocycles. The topological polar surface area (TPSA) is 83.3 Å².